The van der Waals surface area contributed by atoms with Crippen LogP contribution in [0.25, 0.3) is 11.1 Å². The maximum Gasteiger partial charge on any atom is 0.255 e. The molecule has 1 fully saturated rings. The van der Waals surface area contributed by atoms with E-state index >= 15 is 0 Å². The van der Waals surface area contributed by atoms with Crippen LogP contribution in [0.15, 0.2) is 97.1 Å². The second-order valence-electron chi connectivity index (χ2n) is 11.1. The third-order valence-corrected chi connectivity index (χ3v) is 8.41. The van der Waals surface area contributed by atoms with E-state index < -0.39 is 0 Å². The van der Waals surface area contributed by atoms with Crippen LogP contribution in [-0.2, 0) is 0 Å². The predicted octanol–water partition coefficient (Wildman–Crippen LogP) is 6.01. The third-order valence-electron chi connectivity index (χ3n) is 8.41. The van der Waals surface area contributed by atoms with E-state index in [1.807, 2.05) is 84.9 Å². The van der Waals surface area contributed by atoms with Crippen molar-refractivity contribution in [3.63, 3.8) is 0 Å². The molecule has 0 bridgehead atoms. The second-order valence-corrected chi connectivity index (χ2v) is 11.1. The number of para-hydroxylation sites is 2. The topological polar surface area (TPSA) is 77.2 Å². The number of ether oxygens (including phenoxy) is 1. The van der Waals surface area contributed by atoms with E-state index in [4.69, 9.17) is 4.74 Å². The van der Waals surface area contributed by atoms with Crippen molar-refractivity contribution in [3.05, 3.63) is 108 Å². The lowest BCUT2D eigenvalue weighted by Gasteiger charge is -2.38. The van der Waals surface area contributed by atoms with Gasteiger partial charge in [-0.15, -0.1) is 0 Å². The van der Waals surface area contributed by atoms with E-state index in [0.29, 0.717) is 23.4 Å². The molecule has 234 valence electrons. The van der Waals surface area contributed by atoms with Crippen molar-refractivity contribution >= 4 is 28.9 Å². The molecule has 1 aliphatic rings. The van der Waals surface area contributed by atoms with Gasteiger partial charge in [0.15, 0.2) is 0 Å². The number of amides is 2. The molecule has 8 heteroatoms. The molecule has 5 rings (SSSR count). The van der Waals surface area contributed by atoms with Crippen LogP contribution in [0.2, 0.25) is 0 Å². The first-order valence-electron chi connectivity index (χ1n) is 15.7. The number of carbonyl (C=O) groups excluding carboxylic acids is 2. The predicted molar refractivity (Wildman–Crippen MR) is 184 cm³/mol. The molecule has 0 radical (unpaired) electrons. The van der Waals surface area contributed by atoms with Crippen molar-refractivity contribution < 1.29 is 14.3 Å². The van der Waals surface area contributed by atoms with Crippen LogP contribution in [0.4, 0.5) is 17.1 Å². The molecule has 8 nitrogen and oxygen atoms in total. The highest BCUT2D eigenvalue weighted by Gasteiger charge is 2.24. The van der Waals surface area contributed by atoms with Gasteiger partial charge in [-0.3, -0.25) is 9.59 Å². The van der Waals surface area contributed by atoms with Gasteiger partial charge in [0.1, 0.15) is 5.75 Å². The Hall–Kier alpha value is -4.82. The molecule has 0 atom stereocenters. The number of likely N-dealkylation sites (N-methyl/N-ethyl adjacent to an activating group) is 1. The summed E-state index contributed by atoms with van der Waals surface area (Å²) >= 11 is 0. The van der Waals surface area contributed by atoms with Crippen molar-refractivity contribution in [2.45, 2.75) is 13.8 Å². The number of hydrogen-bond acceptors (Lipinski definition) is 6. The number of nitrogens with zero attached hydrogens (tertiary/aromatic N) is 3. The average Bonchev–Trinajstić information content (AvgIpc) is 3.10. The van der Waals surface area contributed by atoms with E-state index in [1.165, 1.54) is 0 Å². The summed E-state index contributed by atoms with van der Waals surface area (Å²) in [7, 11) is 1.69. The molecule has 0 aliphatic carbocycles. The lowest BCUT2D eigenvalue weighted by molar-refractivity contribution is 0.0948. The van der Waals surface area contributed by atoms with E-state index in [9.17, 15) is 9.59 Å². The first-order chi connectivity index (χ1) is 22.0. The number of carbonyl (C=O) groups is 2. The van der Waals surface area contributed by atoms with Gasteiger partial charge in [0.25, 0.3) is 11.8 Å². The number of benzene rings is 4. The fraction of sp³-hybridized carbons (Fsp3) is 0.297. The van der Waals surface area contributed by atoms with Crippen molar-refractivity contribution in [1.29, 1.82) is 0 Å². The lowest BCUT2D eigenvalue weighted by Crippen LogP contribution is -2.47. The maximum absolute atomic E-state index is 13.6. The van der Waals surface area contributed by atoms with Gasteiger partial charge in [-0.1, -0.05) is 68.4 Å². The molecule has 4 aromatic rings. The minimum Gasteiger partial charge on any atom is -0.495 e. The quantitative estimate of drug-likeness (QED) is 0.206. The fourth-order valence-electron chi connectivity index (χ4n) is 5.76. The molecule has 2 N–H and O–H groups in total. The standard InChI is InChI=1S/C37H43N5O3/c1-4-40(5-2)22-21-38-37(44)32-27-31(39-36(43)30-17-15-29(16-18-30)28-11-7-6-8-12-28)19-20-33(32)41-23-25-42(26-24-41)34-13-9-10-14-35(34)45-3/h6-20,27H,4-5,21-26H2,1-3H3,(H,38,44)(H,39,43). The smallest absolute Gasteiger partial charge is 0.255 e. The molecule has 45 heavy (non-hydrogen) atoms. The molecule has 1 saturated heterocycles. The van der Waals surface area contributed by atoms with Crippen LogP contribution < -0.4 is 25.2 Å². The zero-order chi connectivity index (χ0) is 31.6. The van der Waals surface area contributed by atoms with Gasteiger partial charge in [0, 0.05) is 56.2 Å². The molecule has 1 aliphatic heterocycles. The molecule has 0 unspecified atom stereocenters. The van der Waals surface area contributed by atoms with Gasteiger partial charge < -0.3 is 30.1 Å². The number of hydrogen-bond donors (Lipinski definition) is 2. The fourth-order valence-corrected chi connectivity index (χ4v) is 5.76. The van der Waals surface area contributed by atoms with Crippen LogP contribution >= 0.6 is 0 Å². The second kappa shape index (κ2) is 15.3. The molecule has 1 heterocycles. The maximum atomic E-state index is 13.6. The Morgan fingerprint density at radius 1 is 0.733 bits per heavy atom. The third kappa shape index (κ3) is 7.83. The summed E-state index contributed by atoms with van der Waals surface area (Å²) in [5.41, 5.74) is 5.77. The van der Waals surface area contributed by atoms with E-state index in [0.717, 1.165) is 74.1 Å². The highest BCUT2D eigenvalue weighted by atomic mass is 16.5. The molecule has 0 aromatic heterocycles. The van der Waals surface area contributed by atoms with Crippen molar-refractivity contribution in [2.75, 3.05) is 74.6 Å². The zero-order valence-corrected chi connectivity index (χ0v) is 26.5. The Kier molecular flexibility index (Phi) is 10.7. The molecule has 0 spiro atoms. The summed E-state index contributed by atoms with van der Waals surface area (Å²) in [5.74, 6) is 0.488. The number of rotatable bonds is 12. The first kappa shape index (κ1) is 31.6. The summed E-state index contributed by atoms with van der Waals surface area (Å²) in [6.45, 7) is 10.5. The normalized spacial score (nSPS) is 13.1. The van der Waals surface area contributed by atoms with Crippen molar-refractivity contribution in [1.82, 2.24) is 10.2 Å². The van der Waals surface area contributed by atoms with Gasteiger partial charge in [-0.25, -0.2) is 0 Å². The van der Waals surface area contributed by atoms with E-state index in [-0.39, 0.29) is 11.8 Å². The number of nitrogens with one attached hydrogen (secondary N) is 2. The summed E-state index contributed by atoms with van der Waals surface area (Å²) < 4.78 is 5.59. The highest BCUT2D eigenvalue weighted by molar-refractivity contribution is 6.06. The SMILES string of the molecule is CCN(CC)CCNC(=O)c1cc(NC(=O)c2ccc(-c3ccccc3)cc2)ccc1N1CCN(c2ccccc2OC)CC1. The summed E-state index contributed by atoms with van der Waals surface area (Å²) in [4.78, 5) is 33.7. The Balaban J connectivity index is 1.32. The molecule has 0 saturated carbocycles. The summed E-state index contributed by atoms with van der Waals surface area (Å²) in [5, 5.41) is 6.12. The molecular formula is C37H43N5O3. The lowest BCUT2D eigenvalue weighted by atomic mass is 10.0. The van der Waals surface area contributed by atoms with Gasteiger partial charge in [0.2, 0.25) is 0 Å². The Labute approximate surface area is 266 Å². The molecular weight excluding hydrogens is 562 g/mol. The van der Waals surface area contributed by atoms with Crippen LogP contribution in [0.5, 0.6) is 5.75 Å². The van der Waals surface area contributed by atoms with Gasteiger partial charge >= 0.3 is 0 Å². The van der Waals surface area contributed by atoms with Crippen molar-refractivity contribution in [3.8, 4) is 16.9 Å². The van der Waals surface area contributed by atoms with Crippen LogP contribution in [-0.4, -0.2) is 76.2 Å². The molecule has 2 amide bonds. The van der Waals surface area contributed by atoms with Gasteiger partial charge in [-0.2, -0.15) is 0 Å². The largest absolute Gasteiger partial charge is 0.495 e. The average molecular weight is 606 g/mol. The molecule has 4 aromatic carbocycles. The zero-order valence-electron chi connectivity index (χ0n) is 26.5. The minimum atomic E-state index is -0.222. The number of methoxy groups -OCH3 is 1. The van der Waals surface area contributed by atoms with Crippen LogP contribution in [0.1, 0.15) is 34.6 Å². The first-order valence-corrected chi connectivity index (χ1v) is 15.7. The Bertz CT molecular complexity index is 1560. The van der Waals surface area contributed by atoms with Crippen LogP contribution in [0.3, 0.4) is 0 Å². The number of piperazine rings is 1. The van der Waals surface area contributed by atoms with Crippen molar-refractivity contribution in [2.24, 2.45) is 0 Å². The highest BCUT2D eigenvalue weighted by Crippen LogP contribution is 2.31. The summed E-state index contributed by atoms with van der Waals surface area (Å²) in [6, 6.07) is 31.3. The monoisotopic (exact) mass is 605 g/mol. The van der Waals surface area contributed by atoms with Crippen LogP contribution in [0, 0.1) is 0 Å². The summed E-state index contributed by atoms with van der Waals surface area (Å²) in [6.07, 6.45) is 0. The number of anilines is 3. The minimum absolute atomic E-state index is 0.146. The van der Waals surface area contributed by atoms with Gasteiger partial charge in [-0.05, 0) is 66.7 Å². The Morgan fingerprint density at radius 2 is 1.36 bits per heavy atom. The van der Waals surface area contributed by atoms with Gasteiger partial charge in [0.05, 0.1) is 18.4 Å². The van der Waals surface area contributed by atoms with E-state index in [1.54, 1.807) is 13.2 Å². The van der Waals surface area contributed by atoms with E-state index in [2.05, 4.69) is 45.2 Å². The Morgan fingerprint density at radius 3 is 2.02 bits per heavy atom.